The number of hydrogen-bond acceptors (Lipinski definition) is 3. The van der Waals surface area contributed by atoms with E-state index >= 15 is 0 Å². The van der Waals surface area contributed by atoms with Crippen molar-refractivity contribution < 1.29 is 19.4 Å². The zero-order valence-electron chi connectivity index (χ0n) is 10.7. The van der Waals surface area contributed by atoms with E-state index in [4.69, 9.17) is 4.74 Å². The summed E-state index contributed by atoms with van der Waals surface area (Å²) in [5, 5.41) is 9.18. The lowest BCUT2D eigenvalue weighted by Crippen LogP contribution is -2.14. The van der Waals surface area contributed by atoms with Gasteiger partial charge in [-0.15, -0.1) is 0 Å². The van der Waals surface area contributed by atoms with Gasteiger partial charge in [0.15, 0.2) is 5.75 Å². The first-order valence-corrected chi connectivity index (χ1v) is 6.18. The second-order valence-corrected chi connectivity index (χ2v) is 5.84. The molecule has 0 radical (unpaired) electrons. The third-order valence-electron chi connectivity index (χ3n) is 2.39. The Morgan fingerprint density at radius 1 is 1.28 bits per heavy atom. The molecule has 0 aliphatic heterocycles. The lowest BCUT2D eigenvalue weighted by Gasteiger charge is -2.21. The van der Waals surface area contributed by atoms with E-state index in [1.54, 1.807) is 6.07 Å². The predicted octanol–water partition coefficient (Wildman–Crippen LogP) is 3.37. The quantitative estimate of drug-likeness (QED) is 0.671. The van der Waals surface area contributed by atoms with Crippen molar-refractivity contribution in [1.29, 1.82) is 0 Å². The summed E-state index contributed by atoms with van der Waals surface area (Å²) in [7, 11) is 0. The van der Waals surface area contributed by atoms with Crippen molar-refractivity contribution in [2.24, 2.45) is 0 Å². The summed E-state index contributed by atoms with van der Waals surface area (Å²) in [6.07, 6.45) is 0. The van der Waals surface area contributed by atoms with Gasteiger partial charge in [0.2, 0.25) is 0 Å². The van der Waals surface area contributed by atoms with Crippen LogP contribution in [0.25, 0.3) is 0 Å². The average molecular weight is 315 g/mol. The van der Waals surface area contributed by atoms with E-state index in [0.717, 1.165) is 5.56 Å². The summed E-state index contributed by atoms with van der Waals surface area (Å²) in [6, 6.07) is 3.30. The smallest absolute Gasteiger partial charge is 0.339 e. The number of rotatable bonds is 2. The molecule has 1 N–H and O–H groups in total. The van der Waals surface area contributed by atoms with Crippen molar-refractivity contribution in [3.63, 3.8) is 0 Å². The second kappa shape index (κ2) is 5.10. The second-order valence-electron chi connectivity index (χ2n) is 4.98. The van der Waals surface area contributed by atoms with Crippen molar-refractivity contribution in [1.82, 2.24) is 0 Å². The molecule has 1 rings (SSSR count). The minimum absolute atomic E-state index is 0.0236. The first kappa shape index (κ1) is 14.7. The number of benzene rings is 1. The fraction of sp³-hybridized carbons (Fsp3) is 0.385. The number of carbonyl (C=O) groups excluding carboxylic acids is 1. The summed E-state index contributed by atoms with van der Waals surface area (Å²) in [6.45, 7) is 7.17. The van der Waals surface area contributed by atoms with Crippen molar-refractivity contribution in [3.05, 3.63) is 27.7 Å². The van der Waals surface area contributed by atoms with Gasteiger partial charge in [-0.2, -0.15) is 0 Å². The number of esters is 1. The van der Waals surface area contributed by atoms with Gasteiger partial charge in [0, 0.05) is 6.92 Å². The molecule has 18 heavy (non-hydrogen) atoms. The number of ether oxygens (including phenoxy) is 1. The summed E-state index contributed by atoms with van der Waals surface area (Å²) < 4.78 is 5.40. The number of carboxylic acid groups (broad SMARTS) is 1. The largest absolute Gasteiger partial charge is 0.478 e. The SMILES string of the molecule is CC(=O)Oc1c(Br)cc(C(C)(C)C)cc1C(=O)O. The molecule has 0 bridgehead atoms. The maximum Gasteiger partial charge on any atom is 0.339 e. The van der Waals surface area contributed by atoms with Crippen LogP contribution in [-0.4, -0.2) is 17.0 Å². The fourth-order valence-corrected chi connectivity index (χ4v) is 1.97. The summed E-state index contributed by atoms with van der Waals surface area (Å²) in [5.74, 6) is -1.64. The Balaban J connectivity index is 3.45. The topological polar surface area (TPSA) is 63.6 Å². The van der Waals surface area contributed by atoms with Gasteiger partial charge in [-0.25, -0.2) is 4.79 Å². The minimum atomic E-state index is -1.13. The van der Waals surface area contributed by atoms with Crippen LogP contribution < -0.4 is 4.74 Å². The average Bonchev–Trinajstić information content (AvgIpc) is 2.17. The molecular weight excluding hydrogens is 300 g/mol. The number of carbonyl (C=O) groups is 2. The molecule has 1 aromatic carbocycles. The van der Waals surface area contributed by atoms with Crippen LogP contribution in [0.2, 0.25) is 0 Å². The Morgan fingerprint density at radius 2 is 1.83 bits per heavy atom. The molecule has 0 fully saturated rings. The molecule has 1 aromatic rings. The number of carboxylic acids is 1. The lowest BCUT2D eigenvalue weighted by molar-refractivity contribution is -0.131. The molecule has 0 saturated carbocycles. The van der Waals surface area contributed by atoms with Gasteiger partial charge in [-0.1, -0.05) is 20.8 Å². The van der Waals surface area contributed by atoms with Gasteiger partial charge >= 0.3 is 11.9 Å². The first-order chi connectivity index (χ1) is 8.12. The van der Waals surface area contributed by atoms with Crippen LogP contribution in [0.1, 0.15) is 43.6 Å². The highest BCUT2D eigenvalue weighted by Crippen LogP contribution is 2.35. The fourth-order valence-electron chi connectivity index (χ4n) is 1.43. The lowest BCUT2D eigenvalue weighted by atomic mass is 9.86. The van der Waals surface area contributed by atoms with Gasteiger partial charge in [0.25, 0.3) is 0 Å². The molecule has 0 heterocycles. The standard InChI is InChI=1S/C13H15BrO4/c1-7(15)18-11-9(12(16)17)5-8(6-10(11)14)13(2,3)4/h5-6H,1-4H3,(H,16,17). The van der Waals surface area contributed by atoms with Crippen LogP contribution in [0.5, 0.6) is 5.75 Å². The zero-order valence-corrected chi connectivity index (χ0v) is 12.3. The molecule has 0 amide bonds. The van der Waals surface area contributed by atoms with Crippen LogP contribution in [-0.2, 0) is 10.2 Å². The minimum Gasteiger partial charge on any atom is -0.478 e. The van der Waals surface area contributed by atoms with Crippen molar-refractivity contribution in [2.75, 3.05) is 0 Å². The van der Waals surface area contributed by atoms with Crippen molar-refractivity contribution in [3.8, 4) is 5.75 Å². The molecule has 98 valence electrons. The van der Waals surface area contributed by atoms with E-state index < -0.39 is 11.9 Å². The van der Waals surface area contributed by atoms with E-state index in [9.17, 15) is 14.7 Å². The molecule has 0 saturated heterocycles. The molecule has 0 aliphatic carbocycles. The predicted molar refractivity (Wildman–Crippen MR) is 71.1 cm³/mol. The van der Waals surface area contributed by atoms with Gasteiger partial charge in [-0.05, 0) is 39.0 Å². The summed E-state index contributed by atoms with van der Waals surface area (Å²) >= 11 is 3.25. The molecule has 0 aliphatic rings. The van der Waals surface area contributed by atoms with Crippen LogP contribution >= 0.6 is 15.9 Å². The summed E-state index contributed by atoms with van der Waals surface area (Å²) in [4.78, 5) is 22.2. The normalized spacial score (nSPS) is 11.2. The van der Waals surface area contributed by atoms with Crippen LogP contribution in [0.15, 0.2) is 16.6 Å². The molecular formula is C13H15BrO4. The highest BCUT2D eigenvalue weighted by molar-refractivity contribution is 9.10. The molecule has 4 nitrogen and oxygen atoms in total. The zero-order chi connectivity index (χ0) is 14.1. The highest BCUT2D eigenvalue weighted by Gasteiger charge is 2.22. The maximum absolute atomic E-state index is 11.2. The Bertz CT molecular complexity index is 500. The maximum atomic E-state index is 11.2. The van der Waals surface area contributed by atoms with Crippen molar-refractivity contribution >= 4 is 27.9 Å². The molecule has 5 heteroatoms. The van der Waals surface area contributed by atoms with Gasteiger partial charge in [0.1, 0.15) is 5.56 Å². The van der Waals surface area contributed by atoms with E-state index in [2.05, 4.69) is 15.9 Å². The van der Waals surface area contributed by atoms with Gasteiger partial charge in [-0.3, -0.25) is 4.79 Å². The highest BCUT2D eigenvalue weighted by atomic mass is 79.9. The Kier molecular flexibility index (Phi) is 4.16. The third-order valence-corrected chi connectivity index (χ3v) is 2.97. The Morgan fingerprint density at radius 3 is 2.22 bits per heavy atom. The van der Waals surface area contributed by atoms with Crippen molar-refractivity contribution in [2.45, 2.75) is 33.1 Å². The Labute approximate surface area is 114 Å². The van der Waals surface area contributed by atoms with E-state index in [0.29, 0.717) is 4.47 Å². The van der Waals surface area contributed by atoms with Gasteiger partial charge < -0.3 is 9.84 Å². The van der Waals surface area contributed by atoms with Crippen LogP contribution in [0, 0.1) is 0 Å². The number of aromatic carboxylic acids is 1. The van der Waals surface area contributed by atoms with Gasteiger partial charge in [0.05, 0.1) is 4.47 Å². The molecule has 0 spiro atoms. The molecule has 0 atom stereocenters. The Hall–Kier alpha value is -1.36. The molecule has 0 aromatic heterocycles. The monoisotopic (exact) mass is 314 g/mol. The van der Waals surface area contributed by atoms with E-state index in [1.807, 2.05) is 20.8 Å². The first-order valence-electron chi connectivity index (χ1n) is 5.38. The van der Waals surface area contributed by atoms with E-state index in [1.165, 1.54) is 13.0 Å². The number of halogens is 1. The number of hydrogen-bond donors (Lipinski definition) is 1. The van der Waals surface area contributed by atoms with Crippen LogP contribution in [0.3, 0.4) is 0 Å². The van der Waals surface area contributed by atoms with Crippen LogP contribution in [0.4, 0.5) is 0 Å². The van der Waals surface area contributed by atoms with E-state index in [-0.39, 0.29) is 16.7 Å². The third kappa shape index (κ3) is 3.32. The molecule has 0 unspecified atom stereocenters. The summed E-state index contributed by atoms with van der Waals surface area (Å²) in [5.41, 5.74) is 0.633.